The molecule has 0 radical (unpaired) electrons. The van der Waals surface area contributed by atoms with Gasteiger partial charge < -0.3 is 15.3 Å². The second-order valence-corrected chi connectivity index (χ2v) is 8.08. The molecule has 0 aliphatic carbocycles. The van der Waals surface area contributed by atoms with E-state index in [2.05, 4.69) is 17.1 Å². The van der Waals surface area contributed by atoms with Crippen molar-refractivity contribution < 1.29 is 9.90 Å². The zero-order chi connectivity index (χ0) is 21.6. The zero-order valence-corrected chi connectivity index (χ0v) is 17.6. The van der Waals surface area contributed by atoms with Gasteiger partial charge in [0.2, 0.25) is 0 Å². The third-order valence-corrected chi connectivity index (χ3v) is 5.88. The van der Waals surface area contributed by atoms with Gasteiger partial charge in [0.1, 0.15) is 11.5 Å². The summed E-state index contributed by atoms with van der Waals surface area (Å²) in [6, 6.07) is 8.93. The molecule has 0 saturated carbocycles. The molecule has 30 heavy (non-hydrogen) atoms. The molecule has 3 heterocycles. The number of carboxylic acid groups (broad SMARTS) is 1. The van der Waals surface area contributed by atoms with Crippen LogP contribution in [0.1, 0.15) is 53.4 Å². The maximum atomic E-state index is 13.1. The average Bonchev–Trinajstić information content (AvgIpc) is 2.70. The minimum absolute atomic E-state index is 0.0720. The number of nitrogens with zero attached hydrogens (tertiary/aromatic N) is 3. The van der Waals surface area contributed by atoms with Crippen molar-refractivity contribution in [2.75, 3.05) is 16.8 Å². The van der Waals surface area contributed by atoms with E-state index in [1.807, 2.05) is 33.0 Å². The molecule has 1 fully saturated rings. The summed E-state index contributed by atoms with van der Waals surface area (Å²) in [7, 11) is 0. The third-order valence-electron chi connectivity index (χ3n) is 5.88. The smallest absolute Gasteiger partial charge is 0.337 e. The number of para-hydroxylation sites is 1. The van der Waals surface area contributed by atoms with Crippen molar-refractivity contribution in [2.24, 2.45) is 0 Å². The lowest BCUT2D eigenvalue weighted by Gasteiger charge is -2.40. The van der Waals surface area contributed by atoms with Crippen LogP contribution in [0.5, 0.6) is 0 Å². The van der Waals surface area contributed by atoms with Crippen LogP contribution >= 0.6 is 0 Å². The van der Waals surface area contributed by atoms with Gasteiger partial charge in [-0.2, -0.15) is 0 Å². The molecule has 2 atom stereocenters. The van der Waals surface area contributed by atoms with Crippen molar-refractivity contribution in [3.63, 3.8) is 0 Å². The number of fused-ring (bicyclic) bond motifs is 1. The van der Waals surface area contributed by atoms with E-state index in [-0.39, 0.29) is 17.2 Å². The second kappa shape index (κ2) is 7.48. The Morgan fingerprint density at radius 2 is 2.03 bits per heavy atom. The van der Waals surface area contributed by atoms with E-state index in [0.29, 0.717) is 22.9 Å². The van der Waals surface area contributed by atoms with Crippen LogP contribution in [0, 0.1) is 13.8 Å². The first kappa shape index (κ1) is 19.9. The van der Waals surface area contributed by atoms with Gasteiger partial charge in [-0.3, -0.25) is 9.20 Å². The first-order chi connectivity index (χ1) is 14.3. The maximum absolute atomic E-state index is 13.1. The van der Waals surface area contributed by atoms with Crippen LogP contribution in [0.25, 0.3) is 5.65 Å². The highest BCUT2D eigenvalue weighted by molar-refractivity contribution is 5.94. The Hall–Kier alpha value is -3.35. The van der Waals surface area contributed by atoms with Gasteiger partial charge in [-0.1, -0.05) is 12.1 Å². The summed E-state index contributed by atoms with van der Waals surface area (Å²) in [5, 5.41) is 12.8. The molecule has 0 spiro atoms. The van der Waals surface area contributed by atoms with E-state index >= 15 is 0 Å². The van der Waals surface area contributed by atoms with Crippen molar-refractivity contribution in [1.82, 2.24) is 9.38 Å². The maximum Gasteiger partial charge on any atom is 0.337 e. The summed E-state index contributed by atoms with van der Waals surface area (Å²) in [4.78, 5) is 31.8. The van der Waals surface area contributed by atoms with E-state index in [1.165, 1.54) is 0 Å². The van der Waals surface area contributed by atoms with E-state index in [1.54, 1.807) is 28.7 Å². The Balaban J connectivity index is 1.84. The molecule has 7 heteroatoms. The highest BCUT2D eigenvalue weighted by Crippen LogP contribution is 2.29. The van der Waals surface area contributed by atoms with E-state index < -0.39 is 5.97 Å². The first-order valence-corrected chi connectivity index (χ1v) is 10.2. The van der Waals surface area contributed by atoms with E-state index in [9.17, 15) is 14.7 Å². The molecule has 2 N–H and O–H groups in total. The fourth-order valence-electron chi connectivity index (χ4n) is 4.02. The van der Waals surface area contributed by atoms with Crippen LogP contribution in [-0.4, -0.2) is 33.0 Å². The monoisotopic (exact) mass is 406 g/mol. The Kier molecular flexibility index (Phi) is 4.97. The number of carbonyl (C=O) groups is 1. The number of hydrogen-bond acceptors (Lipinski definition) is 5. The van der Waals surface area contributed by atoms with Crippen LogP contribution in [-0.2, 0) is 0 Å². The van der Waals surface area contributed by atoms with Gasteiger partial charge in [0.15, 0.2) is 0 Å². The lowest BCUT2D eigenvalue weighted by atomic mass is 10.0. The Labute approximate surface area is 175 Å². The number of rotatable bonds is 5. The van der Waals surface area contributed by atoms with Crippen LogP contribution in [0.2, 0.25) is 0 Å². The summed E-state index contributed by atoms with van der Waals surface area (Å²) in [6.07, 6.45) is 2.90. The minimum Gasteiger partial charge on any atom is -0.478 e. The molecule has 156 valence electrons. The number of aryl methyl sites for hydroxylation is 1. The van der Waals surface area contributed by atoms with Gasteiger partial charge in [-0.05, 0) is 57.9 Å². The van der Waals surface area contributed by atoms with Gasteiger partial charge >= 0.3 is 5.97 Å². The molecule has 7 nitrogen and oxygen atoms in total. The Morgan fingerprint density at radius 3 is 2.67 bits per heavy atom. The van der Waals surface area contributed by atoms with Crippen molar-refractivity contribution in [3.05, 3.63) is 69.1 Å². The van der Waals surface area contributed by atoms with Crippen LogP contribution < -0.4 is 15.8 Å². The minimum atomic E-state index is -0.988. The fourth-order valence-corrected chi connectivity index (χ4v) is 4.02. The zero-order valence-electron chi connectivity index (χ0n) is 17.6. The lowest BCUT2D eigenvalue weighted by Crippen LogP contribution is -2.47. The summed E-state index contributed by atoms with van der Waals surface area (Å²) in [5.41, 5.74) is 3.69. The number of nitrogens with one attached hydrogen (secondary N) is 1. The largest absolute Gasteiger partial charge is 0.478 e. The van der Waals surface area contributed by atoms with Gasteiger partial charge in [0, 0.05) is 30.0 Å². The lowest BCUT2D eigenvalue weighted by molar-refractivity contribution is 0.0698. The second-order valence-electron chi connectivity index (χ2n) is 8.08. The topological polar surface area (TPSA) is 86.9 Å². The van der Waals surface area contributed by atoms with Crippen LogP contribution in [0.3, 0.4) is 0 Å². The number of carboxylic acids is 1. The molecule has 3 aromatic rings. The summed E-state index contributed by atoms with van der Waals surface area (Å²) < 4.78 is 1.61. The Morgan fingerprint density at radius 1 is 1.30 bits per heavy atom. The summed E-state index contributed by atoms with van der Waals surface area (Å²) in [6.45, 7) is 8.75. The van der Waals surface area contributed by atoms with Gasteiger partial charge in [0.05, 0.1) is 17.2 Å². The number of aromatic nitrogens is 2. The highest BCUT2D eigenvalue weighted by Gasteiger charge is 2.28. The predicted octanol–water partition coefficient (Wildman–Crippen LogP) is 3.78. The average molecular weight is 406 g/mol. The highest BCUT2D eigenvalue weighted by atomic mass is 16.4. The SMILES string of the molecule is Cc1cc([C@@H](C)Nc2ccccc2C(=O)O)c2nc(N3CC[C@H]3C)c(C)c(=O)n2c1. The third kappa shape index (κ3) is 3.30. The molecule has 0 amide bonds. The fraction of sp³-hybridized carbons (Fsp3) is 0.348. The van der Waals surface area contributed by atoms with E-state index in [4.69, 9.17) is 4.98 Å². The van der Waals surface area contributed by atoms with Crippen molar-refractivity contribution >= 4 is 23.1 Å². The first-order valence-electron chi connectivity index (χ1n) is 10.2. The molecule has 1 aliphatic rings. The number of anilines is 2. The van der Waals surface area contributed by atoms with Crippen LogP contribution in [0.15, 0.2) is 41.3 Å². The van der Waals surface area contributed by atoms with Crippen molar-refractivity contribution in [2.45, 2.75) is 46.2 Å². The standard InChI is InChI=1S/C23H26N4O3/c1-13-11-18(16(4)24-19-8-6-5-7-17(19)23(29)30)21-25-20(26-10-9-14(26)2)15(3)22(28)27(21)12-13/h5-8,11-12,14,16,24H,9-10H2,1-4H3,(H,29,30)/t14-,16-/m1/s1. The van der Waals surface area contributed by atoms with Gasteiger partial charge in [0.25, 0.3) is 5.56 Å². The summed E-state index contributed by atoms with van der Waals surface area (Å²) in [5.74, 6) is -0.250. The Bertz CT molecular complexity index is 1200. The summed E-state index contributed by atoms with van der Waals surface area (Å²) >= 11 is 0. The molecule has 0 bridgehead atoms. The number of pyridine rings is 1. The molecule has 1 aromatic carbocycles. The molecule has 2 aromatic heterocycles. The number of hydrogen-bond donors (Lipinski definition) is 2. The predicted molar refractivity (Wildman–Crippen MR) is 118 cm³/mol. The van der Waals surface area contributed by atoms with Crippen LogP contribution in [0.4, 0.5) is 11.5 Å². The van der Waals surface area contributed by atoms with E-state index in [0.717, 1.165) is 29.9 Å². The van der Waals surface area contributed by atoms with Crippen molar-refractivity contribution in [3.8, 4) is 0 Å². The molecule has 1 saturated heterocycles. The normalized spacial score (nSPS) is 16.9. The molecular weight excluding hydrogens is 380 g/mol. The van der Waals surface area contributed by atoms with Crippen molar-refractivity contribution in [1.29, 1.82) is 0 Å². The number of aromatic carboxylic acids is 1. The van der Waals surface area contributed by atoms with Gasteiger partial charge in [-0.25, -0.2) is 9.78 Å². The molecule has 4 rings (SSSR count). The molecule has 1 aliphatic heterocycles. The molecular formula is C23H26N4O3. The van der Waals surface area contributed by atoms with Gasteiger partial charge in [-0.15, -0.1) is 0 Å². The quantitative estimate of drug-likeness (QED) is 0.671. The number of benzene rings is 1. The molecule has 0 unspecified atom stereocenters.